The number of nitrogens with zero attached hydrogens (tertiary/aromatic N) is 5. The maximum atomic E-state index is 11.1. The molecule has 0 radical (unpaired) electrons. The Labute approximate surface area is 141 Å². The zero-order chi connectivity index (χ0) is 17.2. The molecule has 122 valence electrons. The average Bonchev–Trinajstić information content (AvgIpc) is 3.06. The molecule has 0 aliphatic heterocycles. The Morgan fingerprint density at radius 3 is 2.48 bits per heavy atom. The summed E-state index contributed by atoms with van der Waals surface area (Å²) in [6.07, 6.45) is 0. The Morgan fingerprint density at radius 2 is 1.68 bits per heavy atom. The van der Waals surface area contributed by atoms with Gasteiger partial charge in [0.1, 0.15) is 0 Å². The fourth-order valence-corrected chi connectivity index (χ4v) is 2.40. The van der Waals surface area contributed by atoms with Gasteiger partial charge in [-0.05, 0) is 12.1 Å². The van der Waals surface area contributed by atoms with Crippen molar-refractivity contribution in [2.75, 3.05) is 0 Å². The number of hydrogen-bond donors (Lipinski definition) is 0. The second-order valence-corrected chi connectivity index (χ2v) is 5.16. The normalized spacial score (nSPS) is 10.7. The monoisotopic (exact) mass is 333 g/mol. The molecule has 0 saturated carbocycles. The molecular weight excluding hydrogens is 322 g/mol. The van der Waals surface area contributed by atoms with E-state index >= 15 is 0 Å². The summed E-state index contributed by atoms with van der Waals surface area (Å²) < 4.78 is 7.15. The van der Waals surface area contributed by atoms with Gasteiger partial charge in [-0.1, -0.05) is 42.5 Å². The molecule has 0 amide bonds. The average molecular weight is 333 g/mol. The highest BCUT2D eigenvalue weighted by Crippen LogP contribution is 2.30. The number of benzene rings is 2. The zero-order valence-electron chi connectivity index (χ0n) is 12.8. The van der Waals surface area contributed by atoms with E-state index in [1.807, 2.05) is 30.3 Å². The summed E-state index contributed by atoms with van der Waals surface area (Å²) in [5.74, 6) is 0.885. The number of para-hydroxylation sites is 2. The quantitative estimate of drug-likeness (QED) is 0.419. The van der Waals surface area contributed by atoms with Crippen LogP contribution in [0.2, 0.25) is 0 Å². The molecule has 4 rings (SSSR count). The summed E-state index contributed by atoms with van der Waals surface area (Å²) in [5, 5.41) is 23.7. The molecule has 0 aliphatic carbocycles. The van der Waals surface area contributed by atoms with Crippen LogP contribution in [0.25, 0.3) is 17.0 Å². The van der Waals surface area contributed by atoms with E-state index in [1.165, 1.54) is 12.1 Å². The van der Waals surface area contributed by atoms with E-state index in [9.17, 15) is 10.1 Å². The van der Waals surface area contributed by atoms with Crippen LogP contribution in [0.3, 0.4) is 0 Å². The number of nitro groups is 1. The third kappa shape index (κ3) is 2.76. The lowest BCUT2D eigenvalue weighted by Gasteiger charge is -2.06. The van der Waals surface area contributed by atoms with Gasteiger partial charge in [0, 0.05) is 17.7 Å². The van der Waals surface area contributed by atoms with E-state index in [0.29, 0.717) is 11.5 Å². The van der Waals surface area contributed by atoms with Gasteiger partial charge in [0.05, 0.1) is 4.92 Å². The lowest BCUT2D eigenvalue weighted by Crippen LogP contribution is -1.99. The summed E-state index contributed by atoms with van der Waals surface area (Å²) in [6.45, 7) is 0. The molecule has 4 aromatic rings. The smallest absolute Gasteiger partial charge is 0.311 e. The molecule has 0 spiro atoms. The Bertz CT molecular complexity index is 1060. The van der Waals surface area contributed by atoms with Gasteiger partial charge in [-0.2, -0.15) is 4.52 Å². The van der Waals surface area contributed by atoms with Crippen LogP contribution in [0, 0.1) is 10.1 Å². The predicted molar refractivity (Wildman–Crippen MR) is 89.4 cm³/mol. The highest BCUT2D eigenvalue weighted by Gasteiger charge is 2.16. The maximum absolute atomic E-state index is 11.1. The maximum Gasteiger partial charge on any atom is 0.311 e. The lowest BCUT2D eigenvalue weighted by molar-refractivity contribution is -0.385. The predicted octanol–water partition coefficient (Wildman–Crippen LogP) is 3.49. The molecule has 2 aromatic heterocycles. The number of fused-ring (bicyclic) bond motifs is 1. The molecule has 0 bridgehead atoms. The molecule has 2 aromatic carbocycles. The summed E-state index contributed by atoms with van der Waals surface area (Å²) in [7, 11) is 0. The molecule has 2 heterocycles. The number of aromatic nitrogens is 4. The second-order valence-electron chi connectivity index (χ2n) is 5.16. The van der Waals surface area contributed by atoms with E-state index in [2.05, 4.69) is 15.3 Å². The van der Waals surface area contributed by atoms with Gasteiger partial charge in [0.2, 0.25) is 11.6 Å². The summed E-state index contributed by atoms with van der Waals surface area (Å²) >= 11 is 0. The number of ether oxygens (including phenoxy) is 1. The number of rotatable bonds is 4. The van der Waals surface area contributed by atoms with Crippen LogP contribution in [0.1, 0.15) is 0 Å². The number of nitro benzene ring substituents is 1. The van der Waals surface area contributed by atoms with Crippen molar-refractivity contribution < 1.29 is 9.66 Å². The largest absolute Gasteiger partial charge is 0.430 e. The van der Waals surface area contributed by atoms with Crippen molar-refractivity contribution in [1.82, 2.24) is 19.8 Å². The second kappa shape index (κ2) is 6.00. The van der Waals surface area contributed by atoms with Gasteiger partial charge >= 0.3 is 5.69 Å². The first-order valence-corrected chi connectivity index (χ1v) is 7.41. The van der Waals surface area contributed by atoms with Crippen molar-refractivity contribution in [1.29, 1.82) is 0 Å². The van der Waals surface area contributed by atoms with Crippen LogP contribution in [-0.4, -0.2) is 24.7 Å². The van der Waals surface area contributed by atoms with Gasteiger partial charge in [-0.3, -0.25) is 10.1 Å². The van der Waals surface area contributed by atoms with E-state index < -0.39 is 4.92 Å². The molecule has 8 heteroatoms. The van der Waals surface area contributed by atoms with Crippen molar-refractivity contribution in [3.63, 3.8) is 0 Å². The van der Waals surface area contributed by atoms with Crippen molar-refractivity contribution in [2.24, 2.45) is 0 Å². The van der Waals surface area contributed by atoms with E-state index in [4.69, 9.17) is 4.74 Å². The van der Waals surface area contributed by atoms with Crippen LogP contribution in [0.5, 0.6) is 11.6 Å². The third-order valence-corrected chi connectivity index (χ3v) is 3.55. The third-order valence-electron chi connectivity index (χ3n) is 3.55. The van der Waals surface area contributed by atoms with Crippen molar-refractivity contribution in [3.8, 4) is 23.0 Å². The lowest BCUT2D eigenvalue weighted by atomic mass is 10.2. The van der Waals surface area contributed by atoms with Gasteiger partial charge in [0.15, 0.2) is 11.5 Å². The van der Waals surface area contributed by atoms with Crippen LogP contribution in [0.15, 0.2) is 66.7 Å². The molecule has 0 unspecified atom stereocenters. The van der Waals surface area contributed by atoms with Crippen LogP contribution in [0.4, 0.5) is 5.69 Å². The fraction of sp³-hybridized carbons (Fsp3) is 0. The molecule has 25 heavy (non-hydrogen) atoms. The van der Waals surface area contributed by atoms with Gasteiger partial charge in [0.25, 0.3) is 0 Å². The molecule has 0 saturated heterocycles. The Morgan fingerprint density at radius 1 is 0.920 bits per heavy atom. The summed E-state index contributed by atoms with van der Waals surface area (Å²) in [6, 6.07) is 18.9. The van der Waals surface area contributed by atoms with E-state index in [1.54, 1.807) is 28.8 Å². The Balaban J connectivity index is 1.76. The van der Waals surface area contributed by atoms with Gasteiger partial charge in [-0.15, -0.1) is 15.3 Å². The summed E-state index contributed by atoms with van der Waals surface area (Å²) in [4.78, 5) is 10.6. The van der Waals surface area contributed by atoms with Crippen molar-refractivity contribution in [3.05, 3.63) is 76.8 Å². The van der Waals surface area contributed by atoms with Gasteiger partial charge in [-0.25, -0.2) is 0 Å². The van der Waals surface area contributed by atoms with Crippen molar-refractivity contribution in [2.45, 2.75) is 0 Å². The highest BCUT2D eigenvalue weighted by molar-refractivity contribution is 5.58. The fourth-order valence-electron chi connectivity index (χ4n) is 2.40. The van der Waals surface area contributed by atoms with Crippen molar-refractivity contribution >= 4 is 11.3 Å². The molecule has 0 aliphatic rings. The van der Waals surface area contributed by atoms with Crippen LogP contribution >= 0.6 is 0 Å². The first-order chi connectivity index (χ1) is 12.2. The molecular formula is C17H11N5O3. The molecule has 0 N–H and O–H groups in total. The first-order valence-electron chi connectivity index (χ1n) is 7.41. The summed E-state index contributed by atoms with van der Waals surface area (Å²) in [5.41, 5.74) is 1.27. The Kier molecular flexibility index (Phi) is 3.55. The minimum absolute atomic E-state index is 0.119. The highest BCUT2D eigenvalue weighted by atomic mass is 16.6. The van der Waals surface area contributed by atoms with E-state index in [-0.39, 0.29) is 17.3 Å². The van der Waals surface area contributed by atoms with Crippen LogP contribution in [-0.2, 0) is 0 Å². The van der Waals surface area contributed by atoms with Crippen LogP contribution < -0.4 is 4.74 Å². The molecule has 0 atom stereocenters. The first kappa shape index (κ1) is 14.8. The standard InChI is InChI=1S/C17H11N5O3/c23-22(24)13-8-4-5-9-14(13)25-16-11-10-15-18-19-17(21(15)20-16)12-6-2-1-3-7-12/h1-11H. The zero-order valence-corrected chi connectivity index (χ0v) is 12.8. The Hall–Kier alpha value is -3.81. The van der Waals surface area contributed by atoms with E-state index in [0.717, 1.165) is 5.56 Å². The van der Waals surface area contributed by atoms with Gasteiger partial charge < -0.3 is 4.74 Å². The minimum Gasteiger partial charge on any atom is -0.430 e. The SMILES string of the molecule is O=[N+]([O-])c1ccccc1Oc1ccc2nnc(-c3ccccc3)n2n1. The molecule has 8 nitrogen and oxygen atoms in total. The topological polar surface area (TPSA) is 95.5 Å². The number of hydrogen-bond acceptors (Lipinski definition) is 6. The molecule has 0 fully saturated rings. The minimum atomic E-state index is -0.498.